The van der Waals surface area contributed by atoms with E-state index < -0.39 is 17.5 Å². The highest BCUT2D eigenvalue weighted by molar-refractivity contribution is 6.07. The monoisotopic (exact) mass is 431 g/mol. The standard InChI is InChI=1S/C25H25N3O4/c1-4-25(17-11-7-6-8-12-17)23(30)28(24(31)27-25)15-20-21(22(29)32-5-2)16(3)18-13-9-10-14-19(18)26-20/h6-14H,4-5,15H2,1-3H3,(H,27,31). The Kier molecular flexibility index (Phi) is 5.65. The molecule has 2 heterocycles. The zero-order valence-electron chi connectivity index (χ0n) is 18.3. The quantitative estimate of drug-likeness (QED) is 0.469. The van der Waals surface area contributed by atoms with Crippen molar-refractivity contribution in [1.82, 2.24) is 15.2 Å². The molecule has 0 aliphatic carbocycles. The molecule has 1 aliphatic rings. The summed E-state index contributed by atoms with van der Waals surface area (Å²) in [5, 5.41) is 3.70. The minimum Gasteiger partial charge on any atom is -0.462 e. The zero-order valence-corrected chi connectivity index (χ0v) is 18.3. The molecule has 0 saturated carbocycles. The van der Waals surface area contributed by atoms with Gasteiger partial charge in [0.25, 0.3) is 5.91 Å². The number of benzene rings is 2. The molecular formula is C25H25N3O4. The van der Waals surface area contributed by atoms with Gasteiger partial charge in [0.15, 0.2) is 0 Å². The Morgan fingerprint density at radius 1 is 1.06 bits per heavy atom. The number of pyridine rings is 1. The average Bonchev–Trinajstić information content (AvgIpc) is 3.05. The molecule has 1 N–H and O–H groups in total. The van der Waals surface area contributed by atoms with Crippen molar-refractivity contribution in [2.24, 2.45) is 0 Å². The Hall–Kier alpha value is -3.74. The molecule has 3 aromatic rings. The van der Waals surface area contributed by atoms with Gasteiger partial charge < -0.3 is 10.1 Å². The molecule has 32 heavy (non-hydrogen) atoms. The van der Waals surface area contributed by atoms with Crippen LogP contribution < -0.4 is 5.32 Å². The number of nitrogens with one attached hydrogen (secondary N) is 1. The van der Waals surface area contributed by atoms with Crippen molar-refractivity contribution in [2.45, 2.75) is 39.3 Å². The number of fused-ring (bicyclic) bond motifs is 1. The smallest absolute Gasteiger partial charge is 0.340 e. The summed E-state index contributed by atoms with van der Waals surface area (Å²) in [7, 11) is 0. The predicted octanol–water partition coefficient (Wildman–Crippen LogP) is 4.08. The summed E-state index contributed by atoms with van der Waals surface area (Å²) < 4.78 is 5.27. The second-order valence-electron chi connectivity index (χ2n) is 7.74. The molecule has 1 fully saturated rings. The Morgan fingerprint density at radius 2 is 1.75 bits per heavy atom. The topological polar surface area (TPSA) is 88.6 Å². The molecule has 4 rings (SSSR count). The first kappa shape index (κ1) is 21.5. The van der Waals surface area contributed by atoms with Crippen LogP contribution in [0.5, 0.6) is 0 Å². The van der Waals surface area contributed by atoms with Crippen molar-refractivity contribution in [3.05, 3.63) is 77.0 Å². The van der Waals surface area contributed by atoms with Crippen LogP contribution in [0.1, 0.15) is 47.4 Å². The van der Waals surface area contributed by atoms with Crippen LogP contribution in [0.2, 0.25) is 0 Å². The third-order valence-electron chi connectivity index (χ3n) is 5.99. The molecule has 1 atom stereocenters. The summed E-state index contributed by atoms with van der Waals surface area (Å²) >= 11 is 0. The minimum atomic E-state index is -1.14. The predicted molar refractivity (Wildman–Crippen MR) is 120 cm³/mol. The van der Waals surface area contributed by atoms with Crippen LogP contribution in [0.3, 0.4) is 0 Å². The number of esters is 1. The van der Waals surface area contributed by atoms with E-state index in [1.165, 1.54) is 0 Å². The number of hydrogen-bond donors (Lipinski definition) is 1. The van der Waals surface area contributed by atoms with Crippen LogP contribution in [0, 0.1) is 6.92 Å². The van der Waals surface area contributed by atoms with Gasteiger partial charge in [-0.1, -0.05) is 55.5 Å². The van der Waals surface area contributed by atoms with Gasteiger partial charge in [-0.05, 0) is 37.5 Å². The summed E-state index contributed by atoms with van der Waals surface area (Å²) in [5.41, 5.74) is 1.60. The number of carbonyl (C=O) groups excluding carboxylic acids is 3. The first-order chi connectivity index (χ1) is 15.4. The van der Waals surface area contributed by atoms with Crippen LogP contribution in [0.4, 0.5) is 4.79 Å². The van der Waals surface area contributed by atoms with E-state index in [4.69, 9.17) is 4.74 Å². The average molecular weight is 431 g/mol. The van der Waals surface area contributed by atoms with Crippen LogP contribution in [-0.2, 0) is 21.6 Å². The van der Waals surface area contributed by atoms with Crippen molar-refractivity contribution in [1.29, 1.82) is 0 Å². The number of carbonyl (C=O) groups is 3. The molecule has 0 bridgehead atoms. The molecule has 1 saturated heterocycles. The van der Waals surface area contributed by atoms with E-state index in [2.05, 4.69) is 10.3 Å². The molecule has 0 radical (unpaired) electrons. The van der Waals surface area contributed by atoms with Gasteiger partial charge in [0.2, 0.25) is 0 Å². The highest BCUT2D eigenvalue weighted by Gasteiger charge is 2.51. The molecule has 1 unspecified atom stereocenters. The number of ether oxygens (including phenoxy) is 1. The summed E-state index contributed by atoms with van der Waals surface area (Å²) in [6, 6.07) is 16.1. The lowest BCUT2D eigenvalue weighted by molar-refractivity contribution is -0.132. The van der Waals surface area contributed by atoms with E-state index in [0.29, 0.717) is 28.8 Å². The van der Waals surface area contributed by atoms with Gasteiger partial charge in [0, 0.05) is 5.39 Å². The van der Waals surface area contributed by atoms with Crippen LogP contribution >= 0.6 is 0 Å². The third kappa shape index (κ3) is 3.39. The highest BCUT2D eigenvalue weighted by atomic mass is 16.5. The van der Waals surface area contributed by atoms with Gasteiger partial charge in [-0.15, -0.1) is 0 Å². The van der Waals surface area contributed by atoms with Crippen LogP contribution in [0.25, 0.3) is 10.9 Å². The maximum Gasteiger partial charge on any atom is 0.340 e. The number of nitrogens with zero attached hydrogens (tertiary/aromatic N) is 2. The molecule has 3 amide bonds. The maximum absolute atomic E-state index is 13.5. The van der Waals surface area contributed by atoms with Crippen molar-refractivity contribution >= 4 is 28.8 Å². The van der Waals surface area contributed by atoms with E-state index in [-0.39, 0.29) is 19.1 Å². The van der Waals surface area contributed by atoms with Gasteiger partial charge in [0.1, 0.15) is 5.54 Å². The lowest BCUT2D eigenvalue weighted by Gasteiger charge is -2.26. The molecule has 1 aliphatic heterocycles. The Labute approximate surface area is 186 Å². The SMILES string of the molecule is CCOC(=O)c1c(CN2C(=O)NC(CC)(c3ccccc3)C2=O)nc2ccccc2c1C. The summed E-state index contributed by atoms with van der Waals surface area (Å²) in [6.07, 6.45) is 0.396. The van der Waals surface area contributed by atoms with Crippen LogP contribution in [0.15, 0.2) is 54.6 Å². The second kappa shape index (κ2) is 8.42. The fourth-order valence-corrected chi connectivity index (χ4v) is 4.31. The maximum atomic E-state index is 13.5. The molecule has 7 heteroatoms. The van der Waals surface area contributed by atoms with Crippen molar-refractivity contribution in [2.75, 3.05) is 6.61 Å². The molecular weight excluding hydrogens is 406 g/mol. The number of rotatable bonds is 6. The molecule has 1 aromatic heterocycles. The number of hydrogen-bond acceptors (Lipinski definition) is 5. The Morgan fingerprint density at radius 3 is 2.44 bits per heavy atom. The second-order valence-corrected chi connectivity index (χ2v) is 7.74. The highest BCUT2D eigenvalue weighted by Crippen LogP contribution is 2.34. The number of urea groups is 1. The number of amides is 3. The van der Waals surface area contributed by atoms with Crippen molar-refractivity contribution in [3.63, 3.8) is 0 Å². The molecule has 164 valence electrons. The van der Waals surface area contributed by atoms with E-state index in [9.17, 15) is 14.4 Å². The van der Waals surface area contributed by atoms with Crippen molar-refractivity contribution in [3.8, 4) is 0 Å². The number of para-hydroxylation sites is 1. The van der Waals surface area contributed by atoms with Gasteiger partial charge in [-0.3, -0.25) is 9.69 Å². The normalized spacial score (nSPS) is 18.2. The number of imide groups is 1. The van der Waals surface area contributed by atoms with E-state index in [0.717, 1.165) is 15.8 Å². The first-order valence-corrected chi connectivity index (χ1v) is 10.7. The lowest BCUT2D eigenvalue weighted by atomic mass is 9.87. The fourth-order valence-electron chi connectivity index (χ4n) is 4.31. The molecule has 7 nitrogen and oxygen atoms in total. The first-order valence-electron chi connectivity index (χ1n) is 10.7. The van der Waals surface area contributed by atoms with Gasteiger partial charge in [-0.2, -0.15) is 0 Å². The summed E-state index contributed by atoms with van der Waals surface area (Å²) in [5.74, 6) is -0.881. The van der Waals surface area contributed by atoms with E-state index in [1.807, 2.05) is 68.4 Å². The minimum absolute atomic E-state index is 0.126. The van der Waals surface area contributed by atoms with Gasteiger partial charge in [0.05, 0.1) is 29.9 Å². The van der Waals surface area contributed by atoms with Gasteiger partial charge in [-0.25, -0.2) is 14.6 Å². The zero-order chi connectivity index (χ0) is 22.9. The summed E-state index contributed by atoms with van der Waals surface area (Å²) in [4.78, 5) is 45.1. The third-order valence-corrected chi connectivity index (χ3v) is 5.99. The van der Waals surface area contributed by atoms with E-state index in [1.54, 1.807) is 6.92 Å². The molecule has 0 spiro atoms. The fraction of sp³-hybridized carbons (Fsp3) is 0.280. The van der Waals surface area contributed by atoms with E-state index >= 15 is 0 Å². The van der Waals surface area contributed by atoms with Crippen molar-refractivity contribution < 1.29 is 19.1 Å². The lowest BCUT2D eigenvalue weighted by Crippen LogP contribution is -2.43. The molecule has 2 aromatic carbocycles. The Bertz CT molecular complexity index is 1210. The summed E-state index contributed by atoms with van der Waals surface area (Å²) in [6.45, 7) is 5.50. The van der Waals surface area contributed by atoms with Gasteiger partial charge >= 0.3 is 12.0 Å². The number of aryl methyl sites for hydroxylation is 1. The Balaban J connectivity index is 1.79. The number of aromatic nitrogens is 1. The van der Waals surface area contributed by atoms with Crippen LogP contribution in [-0.4, -0.2) is 34.4 Å². The largest absolute Gasteiger partial charge is 0.462 e.